The molecule has 0 saturated heterocycles. The fourth-order valence-corrected chi connectivity index (χ4v) is 1.41. The number of hydrogen-bond donors (Lipinski definition) is 2. The zero-order chi connectivity index (χ0) is 12.1. The maximum absolute atomic E-state index is 8.87. The van der Waals surface area contributed by atoms with Gasteiger partial charge in [-0.05, 0) is 6.54 Å². The van der Waals surface area contributed by atoms with Gasteiger partial charge in [-0.3, -0.25) is 10.00 Å². The number of aromatic nitrogens is 5. The first-order valence-corrected chi connectivity index (χ1v) is 5.35. The molecule has 0 aliphatic heterocycles. The van der Waals surface area contributed by atoms with Crippen LogP contribution in [0.15, 0.2) is 10.9 Å². The van der Waals surface area contributed by atoms with Crippen LogP contribution >= 0.6 is 0 Å². The molecule has 8 heteroatoms. The summed E-state index contributed by atoms with van der Waals surface area (Å²) in [4.78, 5) is 10.1. The summed E-state index contributed by atoms with van der Waals surface area (Å²) in [5.41, 5.74) is 0. The van der Waals surface area contributed by atoms with Crippen molar-refractivity contribution in [3.05, 3.63) is 12.2 Å². The molecule has 17 heavy (non-hydrogen) atoms. The van der Waals surface area contributed by atoms with Crippen molar-refractivity contribution in [3.63, 3.8) is 0 Å². The van der Waals surface area contributed by atoms with Crippen molar-refractivity contribution >= 4 is 0 Å². The molecule has 0 bridgehead atoms. The topological polar surface area (TPSA) is 104 Å². The Hall–Kier alpha value is -1.80. The Morgan fingerprint density at radius 2 is 2.41 bits per heavy atom. The molecule has 2 rings (SSSR count). The highest BCUT2D eigenvalue weighted by Crippen LogP contribution is 2.10. The number of likely N-dealkylation sites (N-methyl/N-ethyl adjacent to an activating group) is 1. The number of rotatable bonds is 6. The van der Waals surface area contributed by atoms with E-state index >= 15 is 0 Å². The lowest BCUT2D eigenvalue weighted by Crippen LogP contribution is -2.26. The molecule has 0 amide bonds. The van der Waals surface area contributed by atoms with E-state index in [1.54, 1.807) is 0 Å². The minimum Gasteiger partial charge on any atom is -0.395 e. The van der Waals surface area contributed by atoms with Crippen LogP contribution in [0, 0.1) is 0 Å². The molecule has 2 N–H and O–H groups in total. The second-order valence-corrected chi connectivity index (χ2v) is 3.44. The average molecular weight is 238 g/mol. The maximum atomic E-state index is 8.87. The normalized spacial score (nSPS) is 11.2. The van der Waals surface area contributed by atoms with Gasteiger partial charge in [-0.1, -0.05) is 12.1 Å². The lowest BCUT2D eigenvalue weighted by Gasteiger charge is -2.15. The van der Waals surface area contributed by atoms with E-state index in [0.29, 0.717) is 30.6 Å². The van der Waals surface area contributed by atoms with Crippen LogP contribution < -0.4 is 0 Å². The highest BCUT2D eigenvalue weighted by atomic mass is 16.5. The summed E-state index contributed by atoms with van der Waals surface area (Å²) in [5.74, 6) is 1.36. The van der Waals surface area contributed by atoms with Gasteiger partial charge in [0.25, 0.3) is 0 Å². The van der Waals surface area contributed by atoms with Gasteiger partial charge in [-0.25, -0.2) is 4.98 Å². The molecular formula is C9H14N6O2. The summed E-state index contributed by atoms with van der Waals surface area (Å²) in [5, 5.41) is 19.0. The first-order valence-electron chi connectivity index (χ1n) is 5.35. The molecule has 2 aromatic heterocycles. The van der Waals surface area contributed by atoms with E-state index in [-0.39, 0.29) is 6.61 Å². The van der Waals surface area contributed by atoms with E-state index in [1.165, 1.54) is 6.33 Å². The van der Waals surface area contributed by atoms with E-state index in [2.05, 4.69) is 25.3 Å². The van der Waals surface area contributed by atoms with E-state index in [1.807, 2.05) is 11.8 Å². The van der Waals surface area contributed by atoms with Crippen molar-refractivity contribution in [2.75, 3.05) is 19.7 Å². The van der Waals surface area contributed by atoms with Gasteiger partial charge in [0.1, 0.15) is 6.33 Å². The van der Waals surface area contributed by atoms with Gasteiger partial charge in [0.2, 0.25) is 11.7 Å². The third-order valence-electron chi connectivity index (χ3n) is 2.32. The van der Waals surface area contributed by atoms with E-state index < -0.39 is 0 Å². The largest absolute Gasteiger partial charge is 0.395 e. The zero-order valence-corrected chi connectivity index (χ0v) is 9.50. The molecule has 0 atom stereocenters. The smallest absolute Gasteiger partial charge is 0.241 e. The van der Waals surface area contributed by atoms with Crippen LogP contribution in [0.25, 0.3) is 11.6 Å². The molecule has 0 unspecified atom stereocenters. The van der Waals surface area contributed by atoms with Crippen LogP contribution in [0.2, 0.25) is 0 Å². The van der Waals surface area contributed by atoms with Crippen LogP contribution in [-0.2, 0) is 6.54 Å². The van der Waals surface area contributed by atoms with Crippen molar-refractivity contribution in [1.29, 1.82) is 0 Å². The van der Waals surface area contributed by atoms with Crippen molar-refractivity contribution in [1.82, 2.24) is 30.2 Å². The minimum absolute atomic E-state index is 0.108. The van der Waals surface area contributed by atoms with Gasteiger partial charge in [0, 0.05) is 6.54 Å². The van der Waals surface area contributed by atoms with Gasteiger partial charge in [0.05, 0.1) is 13.2 Å². The monoisotopic (exact) mass is 238 g/mol. The van der Waals surface area contributed by atoms with Gasteiger partial charge in [-0.15, -0.1) is 0 Å². The van der Waals surface area contributed by atoms with Gasteiger partial charge >= 0.3 is 0 Å². The lowest BCUT2D eigenvalue weighted by atomic mass is 10.4. The Kier molecular flexibility index (Phi) is 3.78. The second kappa shape index (κ2) is 5.51. The average Bonchev–Trinajstić information content (AvgIpc) is 2.98. The summed E-state index contributed by atoms with van der Waals surface area (Å²) < 4.78 is 5.09. The van der Waals surface area contributed by atoms with Gasteiger partial charge in [0.15, 0.2) is 5.82 Å². The zero-order valence-electron chi connectivity index (χ0n) is 9.50. The third kappa shape index (κ3) is 2.86. The molecule has 0 aliphatic rings. The highest BCUT2D eigenvalue weighted by molar-refractivity contribution is 5.39. The molecule has 92 valence electrons. The molecule has 2 aromatic rings. The molecule has 2 heterocycles. The van der Waals surface area contributed by atoms with Crippen LogP contribution in [0.1, 0.15) is 12.8 Å². The third-order valence-corrected chi connectivity index (χ3v) is 2.32. The number of nitrogens with one attached hydrogen (secondary N) is 1. The Labute approximate surface area is 97.7 Å². The number of H-pyrrole nitrogens is 1. The summed E-state index contributed by atoms with van der Waals surface area (Å²) in [7, 11) is 0. The van der Waals surface area contributed by atoms with Gasteiger partial charge in [-0.2, -0.15) is 10.1 Å². The Balaban J connectivity index is 2.03. The number of nitrogens with zero attached hydrogens (tertiary/aromatic N) is 5. The highest BCUT2D eigenvalue weighted by Gasteiger charge is 2.13. The molecule has 8 nitrogen and oxygen atoms in total. The van der Waals surface area contributed by atoms with E-state index in [0.717, 1.165) is 6.54 Å². The predicted octanol–water partition coefficient (Wildman–Crippen LogP) is -0.331. The Morgan fingerprint density at radius 3 is 3.06 bits per heavy atom. The Bertz CT molecular complexity index is 440. The quantitative estimate of drug-likeness (QED) is 0.710. The molecule has 0 spiro atoms. The van der Waals surface area contributed by atoms with Gasteiger partial charge < -0.3 is 9.63 Å². The predicted molar refractivity (Wildman–Crippen MR) is 57.7 cm³/mol. The molecule has 0 aromatic carbocycles. The van der Waals surface area contributed by atoms with Crippen LogP contribution in [0.4, 0.5) is 0 Å². The van der Waals surface area contributed by atoms with E-state index in [9.17, 15) is 0 Å². The SMILES string of the molecule is CCN(CCO)Cc1nc(-c2ncn[nH]2)no1. The standard InChI is InChI=1S/C9H14N6O2/c1-2-15(3-4-16)5-7-12-9(14-17-7)8-10-6-11-13-8/h6,16H,2-5H2,1H3,(H,10,11,13). The molecule has 0 aliphatic carbocycles. The van der Waals surface area contributed by atoms with Crippen molar-refractivity contribution in [2.45, 2.75) is 13.5 Å². The number of aliphatic hydroxyl groups is 1. The van der Waals surface area contributed by atoms with Crippen molar-refractivity contribution < 1.29 is 9.63 Å². The lowest BCUT2D eigenvalue weighted by molar-refractivity contribution is 0.180. The summed E-state index contributed by atoms with van der Waals surface area (Å²) in [6.45, 7) is 4.01. The first-order chi connectivity index (χ1) is 8.33. The molecular weight excluding hydrogens is 224 g/mol. The van der Waals surface area contributed by atoms with Crippen LogP contribution in [-0.4, -0.2) is 55.0 Å². The molecule has 0 saturated carbocycles. The Morgan fingerprint density at radius 1 is 1.53 bits per heavy atom. The summed E-state index contributed by atoms with van der Waals surface area (Å²) in [6, 6.07) is 0. The van der Waals surface area contributed by atoms with Crippen LogP contribution in [0.5, 0.6) is 0 Å². The summed E-state index contributed by atoms with van der Waals surface area (Å²) in [6.07, 6.45) is 1.38. The minimum atomic E-state index is 0.108. The van der Waals surface area contributed by atoms with E-state index in [4.69, 9.17) is 9.63 Å². The van der Waals surface area contributed by atoms with Crippen LogP contribution in [0.3, 0.4) is 0 Å². The molecule has 0 fully saturated rings. The fraction of sp³-hybridized carbons (Fsp3) is 0.556. The summed E-state index contributed by atoms with van der Waals surface area (Å²) >= 11 is 0. The first kappa shape index (κ1) is 11.7. The van der Waals surface area contributed by atoms with Crippen molar-refractivity contribution in [2.24, 2.45) is 0 Å². The number of aromatic amines is 1. The van der Waals surface area contributed by atoms with Crippen molar-refractivity contribution in [3.8, 4) is 11.6 Å². The number of hydrogen-bond acceptors (Lipinski definition) is 7. The maximum Gasteiger partial charge on any atom is 0.241 e. The number of aliphatic hydroxyl groups excluding tert-OH is 1. The molecule has 0 radical (unpaired) electrons. The fourth-order valence-electron chi connectivity index (χ4n) is 1.41. The second-order valence-electron chi connectivity index (χ2n) is 3.44.